The Morgan fingerprint density at radius 2 is 2.08 bits per heavy atom. The zero-order valence-electron chi connectivity index (χ0n) is 15.2. The molecule has 2 aliphatic heterocycles. The molecule has 2 saturated heterocycles. The summed E-state index contributed by atoms with van der Waals surface area (Å²) in [5.74, 6) is -0.152. The summed E-state index contributed by atoms with van der Waals surface area (Å²) < 4.78 is 25.1. The number of amides is 1. The first-order chi connectivity index (χ1) is 11.8. The molecule has 2 heterocycles. The van der Waals surface area contributed by atoms with E-state index in [0.717, 1.165) is 6.54 Å². The quantitative estimate of drug-likeness (QED) is 0.884. The van der Waals surface area contributed by atoms with Crippen molar-refractivity contribution in [2.75, 3.05) is 18.8 Å². The number of hydrogen-bond acceptors (Lipinski definition) is 4. The van der Waals surface area contributed by atoms with E-state index in [4.69, 9.17) is 0 Å². The molecule has 1 aromatic carbocycles. The number of nitrogens with one attached hydrogen (secondary N) is 1. The fourth-order valence-electron chi connectivity index (χ4n) is 4.22. The van der Waals surface area contributed by atoms with Gasteiger partial charge >= 0.3 is 0 Å². The summed E-state index contributed by atoms with van der Waals surface area (Å²) in [6.45, 7) is 7.88. The third-order valence-corrected chi connectivity index (χ3v) is 7.56. The average Bonchev–Trinajstić information content (AvgIpc) is 2.91. The number of benzene rings is 1. The second-order valence-corrected chi connectivity index (χ2v) is 10.2. The first-order valence-electron chi connectivity index (χ1n) is 9.06. The molecule has 5 nitrogen and oxygen atoms in total. The minimum atomic E-state index is -3.11. The van der Waals surface area contributed by atoms with Crippen LogP contribution in [0.5, 0.6) is 0 Å². The summed E-state index contributed by atoms with van der Waals surface area (Å²) >= 11 is 0. The van der Waals surface area contributed by atoms with Crippen LogP contribution in [0.1, 0.15) is 31.4 Å². The number of likely N-dealkylation sites (tertiary alicyclic amines) is 1. The highest BCUT2D eigenvalue weighted by atomic mass is 32.2. The lowest BCUT2D eigenvalue weighted by Crippen LogP contribution is -2.48. The zero-order valence-corrected chi connectivity index (χ0v) is 16.1. The van der Waals surface area contributed by atoms with Gasteiger partial charge in [-0.15, -0.1) is 0 Å². The van der Waals surface area contributed by atoms with Crippen LogP contribution in [-0.2, 0) is 21.2 Å². The molecular formula is C19H28N2O3S. The van der Waals surface area contributed by atoms with Gasteiger partial charge in [-0.05, 0) is 32.8 Å². The van der Waals surface area contributed by atoms with E-state index in [0.29, 0.717) is 19.5 Å². The lowest BCUT2D eigenvalue weighted by Gasteiger charge is -2.32. The molecule has 0 spiro atoms. The summed E-state index contributed by atoms with van der Waals surface area (Å²) in [6.07, 6.45) is 0.445. The normalized spacial score (nSPS) is 28.7. The van der Waals surface area contributed by atoms with Gasteiger partial charge in [-0.1, -0.05) is 29.8 Å². The summed E-state index contributed by atoms with van der Waals surface area (Å²) in [5.41, 5.74) is 2.40. The second-order valence-electron chi connectivity index (χ2n) is 7.81. The number of aryl methyl sites for hydroxylation is 1. The molecule has 1 amide bonds. The van der Waals surface area contributed by atoms with E-state index in [2.05, 4.69) is 35.3 Å². The maximum absolute atomic E-state index is 12.5. The largest absolute Gasteiger partial charge is 0.354 e. The summed E-state index contributed by atoms with van der Waals surface area (Å²) in [6, 6.07) is 8.38. The highest BCUT2D eigenvalue weighted by Gasteiger charge is 2.50. The van der Waals surface area contributed by atoms with E-state index in [1.165, 1.54) is 11.1 Å². The number of carbonyl (C=O) groups is 1. The highest BCUT2D eigenvalue weighted by molar-refractivity contribution is 7.92. The molecule has 25 heavy (non-hydrogen) atoms. The van der Waals surface area contributed by atoms with Crippen LogP contribution < -0.4 is 5.32 Å². The zero-order chi connectivity index (χ0) is 18.2. The number of rotatable bonds is 4. The lowest BCUT2D eigenvalue weighted by atomic mass is 9.87. The maximum atomic E-state index is 12.5. The fraction of sp³-hybridized carbons (Fsp3) is 0.632. The van der Waals surface area contributed by atoms with Crippen molar-refractivity contribution in [1.82, 2.24) is 10.2 Å². The molecule has 6 heteroatoms. The van der Waals surface area contributed by atoms with Gasteiger partial charge in [0, 0.05) is 37.5 Å². The molecule has 2 aliphatic rings. The molecule has 3 atom stereocenters. The Hall–Kier alpha value is -1.40. The van der Waals surface area contributed by atoms with E-state index in [-0.39, 0.29) is 29.5 Å². The Morgan fingerprint density at radius 3 is 2.76 bits per heavy atom. The fourth-order valence-corrected chi connectivity index (χ4v) is 6.35. The molecule has 0 bridgehead atoms. The number of carbonyl (C=O) groups excluding carboxylic acids is 1. The molecule has 0 radical (unpaired) electrons. The Labute approximate surface area is 150 Å². The van der Waals surface area contributed by atoms with Crippen LogP contribution in [0.2, 0.25) is 0 Å². The van der Waals surface area contributed by atoms with Gasteiger partial charge < -0.3 is 5.32 Å². The second kappa shape index (κ2) is 7.08. The Kier molecular flexibility index (Phi) is 5.21. The minimum Gasteiger partial charge on any atom is -0.354 e. The van der Waals surface area contributed by atoms with Crippen LogP contribution in [-0.4, -0.2) is 49.4 Å². The van der Waals surface area contributed by atoms with Crippen molar-refractivity contribution in [2.45, 2.75) is 45.0 Å². The lowest BCUT2D eigenvalue weighted by molar-refractivity contribution is -0.127. The summed E-state index contributed by atoms with van der Waals surface area (Å²) in [7, 11) is -3.11. The molecule has 0 saturated carbocycles. The monoisotopic (exact) mass is 364 g/mol. The molecule has 1 N–H and O–H groups in total. The summed E-state index contributed by atoms with van der Waals surface area (Å²) in [5, 5.41) is 2.56. The Morgan fingerprint density at radius 1 is 1.32 bits per heavy atom. The van der Waals surface area contributed by atoms with Crippen molar-refractivity contribution in [3.63, 3.8) is 0 Å². The molecule has 3 rings (SSSR count). The van der Waals surface area contributed by atoms with Crippen LogP contribution in [0.3, 0.4) is 0 Å². The Bertz CT molecular complexity index is 745. The molecule has 0 aliphatic carbocycles. The number of nitrogens with zero attached hydrogens (tertiary/aromatic N) is 1. The van der Waals surface area contributed by atoms with Crippen molar-refractivity contribution in [3.05, 3.63) is 35.4 Å². The van der Waals surface area contributed by atoms with E-state index in [1.807, 2.05) is 19.9 Å². The number of fused-ring (bicyclic) bond motifs is 1. The van der Waals surface area contributed by atoms with Gasteiger partial charge in [0.2, 0.25) is 5.91 Å². The molecule has 2 fully saturated rings. The molecular weight excluding hydrogens is 336 g/mol. The minimum absolute atomic E-state index is 0.0114. The van der Waals surface area contributed by atoms with Crippen LogP contribution >= 0.6 is 0 Å². The van der Waals surface area contributed by atoms with Crippen LogP contribution in [0.4, 0.5) is 0 Å². The van der Waals surface area contributed by atoms with Gasteiger partial charge in [0.1, 0.15) is 0 Å². The van der Waals surface area contributed by atoms with Crippen molar-refractivity contribution < 1.29 is 13.2 Å². The van der Waals surface area contributed by atoms with Crippen LogP contribution in [0, 0.1) is 18.8 Å². The highest BCUT2D eigenvalue weighted by Crippen LogP contribution is 2.37. The van der Waals surface area contributed by atoms with Gasteiger partial charge in [0.25, 0.3) is 0 Å². The SMILES string of the molecule is Cc1cccc(CN2C[C@@H]3[C@@H](C(=O)NC(C)C)CCS(=O)(=O)[C@@H]3C2)c1. The average molecular weight is 365 g/mol. The van der Waals surface area contributed by atoms with Crippen molar-refractivity contribution >= 4 is 15.7 Å². The van der Waals surface area contributed by atoms with Gasteiger partial charge in [-0.2, -0.15) is 0 Å². The van der Waals surface area contributed by atoms with Crippen molar-refractivity contribution in [2.24, 2.45) is 11.8 Å². The maximum Gasteiger partial charge on any atom is 0.223 e. The molecule has 0 unspecified atom stereocenters. The molecule has 1 aromatic rings. The number of sulfone groups is 1. The van der Waals surface area contributed by atoms with Crippen LogP contribution in [0.15, 0.2) is 24.3 Å². The standard InChI is InChI=1S/C19H28N2O3S/c1-13(2)20-19(22)16-7-8-25(23,24)18-12-21(11-17(16)18)10-15-6-4-5-14(3)9-15/h4-6,9,13,16-18H,7-8,10-12H2,1-3H3,(H,20,22)/t16-,17+,18+/m0/s1. The first-order valence-corrected chi connectivity index (χ1v) is 10.8. The van der Waals surface area contributed by atoms with E-state index in [9.17, 15) is 13.2 Å². The molecule has 0 aromatic heterocycles. The number of hydrogen-bond donors (Lipinski definition) is 1. The van der Waals surface area contributed by atoms with Crippen LogP contribution in [0.25, 0.3) is 0 Å². The smallest absolute Gasteiger partial charge is 0.223 e. The van der Waals surface area contributed by atoms with E-state index < -0.39 is 15.1 Å². The molecule has 138 valence electrons. The topological polar surface area (TPSA) is 66.5 Å². The van der Waals surface area contributed by atoms with Gasteiger partial charge in [-0.25, -0.2) is 8.42 Å². The van der Waals surface area contributed by atoms with Crippen molar-refractivity contribution in [3.8, 4) is 0 Å². The van der Waals surface area contributed by atoms with E-state index >= 15 is 0 Å². The third-order valence-electron chi connectivity index (χ3n) is 5.33. The first kappa shape index (κ1) is 18.4. The van der Waals surface area contributed by atoms with Gasteiger partial charge in [0.05, 0.1) is 11.0 Å². The Balaban J connectivity index is 1.76. The predicted molar refractivity (Wildman–Crippen MR) is 98.9 cm³/mol. The van der Waals surface area contributed by atoms with Gasteiger partial charge in [0.15, 0.2) is 9.84 Å². The van der Waals surface area contributed by atoms with E-state index in [1.54, 1.807) is 0 Å². The predicted octanol–water partition coefficient (Wildman–Crippen LogP) is 1.75. The third kappa shape index (κ3) is 4.06. The van der Waals surface area contributed by atoms with Gasteiger partial charge in [-0.3, -0.25) is 9.69 Å². The summed E-state index contributed by atoms with van der Waals surface area (Å²) in [4.78, 5) is 14.7. The van der Waals surface area contributed by atoms with Crippen molar-refractivity contribution in [1.29, 1.82) is 0 Å².